The summed E-state index contributed by atoms with van der Waals surface area (Å²) in [5, 5.41) is 9.99. The minimum Gasteiger partial charge on any atom is -0.382 e. The predicted octanol–water partition coefficient (Wildman–Crippen LogP) is 2.61. The molecule has 1 unspecified atom stereocenters. The lowest BCUT2D eigenvalue weighted by atomic mass is 10.0. The molecule has 2 nitrogen and oxygen atoms in total. The molecular weight excluding hydrogens is 205 g/mol. The number of halogens is 1. The summed E-state index contributed by atoms with van der Waals surface area (Å²) in [6.07, 6.45) is 0.487. The Morgan fingerprint density at radius 2 is 1.88 bits per heavy atom. The zero-order valence-electron chi connectivity index (χ0n) is 8.89. The number of aliphatic hydroxyl groups is 1. The summed E-state index contributed by atoms with van der Waals surface area (Å²) in [7, 11) is 0. The Morgan fingerprint density at radius 1 is 1.19 bits per heavy atom. The van der Waals surface area contributed by atoms with E-state index in [9.17, 15) is 9.50 Å². The highest BCUT2D eigenvalue weighted by Crippen LogP contribution is 2.23. The molecule has 0 amide bonds. The molecule has 0 aliphatic carbocycles. The van der Waals surface area contributed by atoms with Crippen LogP contribution in [0.15, 0.2) is 42.6 Å². The number of aliphatic hydroxyl groups excluding tert-OH is 1. The van der Waals surface area contributed by atoms with Crippen LogP contribution in [0.3, 0.4) is 0 Å². The number of hydrogen-bond donors (Lipinski definition) is 1. The van der Waals surface area contributed by atoms with Crippen molar-refractivity contribution in [3.05, 3.63) is 65.2 Å². The molecule has 2 rings (SSSR count). The summed E-state index contributed by atoms with van der Waals surface area (Å²) in [6, 6.07) is 10.5. The van der Waals surface area contributed by atoms with Crippen LogP contribution in [-0.2, 0) is 0 Å². The number of aromatic nitrogens is 1. The van der Waals surface area contributed by atoms with Crippen molar-refractivity contribution in [1.82, 2.24) is 4.98 Å². The molecule has 1 heterocycles. The van der Waals surface area contributed by atoms with Gasteiger partial charge in [0.05, 0.1) is 0 Å². The fraction of sp³-hybridized carbons (Fsp3) is 0.154. The summed E-state index contributed by atoms with van der Waals surface area (Å²) >= 11 is 0. The van der Waals surface area contributed by atoms with Crippen LogP contribution in [0.2, 0.25) is 0 Å². The minimum absolute atomic E-state index is 0.0752. The summed E-state index contributed by atoms with van der Waals surface area (Å²) in [6.45, 7) is 1.65. The average Bonchev–Trinajstić information content (AvgIpc) is 2.33. The molecule has 1 aromatic heterocycles. The normalized spacial score (nSPS) is 12.4. The largest absolute Gasteiger partial charge is 0.382 e. The van der Waals surface area contributed by atoms with Crippen LogP contribution in [0.5, 0.6) is 0 Å². The fourth-order valence-electron chi connectivity index (χ4n) is 1.55. The molecule has 0 spiro atoms. The van der Waals surface area contributed by atoms with Gasteiger partial charge in [-0.05, 0) is 24.1 Å². The van der Waals surface area contributed by atoms with E-state index in [1.54, 1.807) is 37.3 Å². The SMILES string of the molecule is Cc1ccnc(C(O)c2ccccc2)c1F. The van der Waals surface area contributed by atoms with Crippen molar-refractivity contribution in [1.29, 1.82) is 0 Å². The van der Waals surface area contributed by atoms with Crippen LogP contribution in [0.4, 0.5) is 4.39 Å². The van der Waals surface area contributed by atoms with Crippen LogP contribution in [0.25, 0.3) is 0 Å². The molecule has 82 valence electrons. The van der Waals surface area contributed by atoms with E-state index in [4.69, 9.17) is 0 Å². The van der Waals surface area contributed by atoms with Crippen molar-refractivity contribution >= 4 is 0 Å². The number of hydrogen-bond acceptors (Lipinski definition) is 2. The van der Waals surface area contributed by atoms with E-state index in [-0.39, 0.29) is 5.69 Å². The quantitative estimate of drug-likeness (QED) is 0.838. The molecule has 2 aromatic rings. The first-order valence-electron chi connectivity index (χ1n) is 5.04. The zero-order valence-corrected chi connectivity index (χ0v) is 8.89. The Balaban J connectivity index is 2.42. The predicted molar refractivity (Wildman–Crippen MR) is 59.4 cm³/mol. The molecule has 0 bridgehead atoms. The number of pyridine rings is 1. The fourth-order valence-corrected chi connectivity index (χ4v) is 1.55. The maximum Gasteiger partial charge on any atom is 0.150 e. The maximum absolute atomic E-state index is 13.7. The summed E-state index contributed by atoms with van der Waals surface area (Å²) < 4.78 is 13.7. The summed E-state index contributed by atoms with van der Waals surface area (Å²) in [4.78, 5) is 3.89. The van der Waals surface area contributed by atoms with Gasteiger partial charge >= 0.3 is 0 Å². The Bertz CT molecular complexity index is 485. The second kappa shape index (κ2) is 4.41. The van der Waals surface area contributed by atoms with Crippen LogP contribution in [0, 0.1) is 12.7 Å². The Hall–Kier alpha value is -1.74. The van der Waals surface area contributed by atoms with Gasteiger partial charge in [0.15, 0.2) is 5.82 Å². The van der Waals surface area contributed by atoms with E-state index in [0.29, 0.717) is 11.1 Å². The molecule has 1 aromatic carbocycles. The van der Waals surface area contributed by atoms with Crippen LogP contribution < -0.4 is 0 Å². The van der Waals surface area contributed by atoms with Crippen LogP contribution in [-0.4, -0.2) is 10.1 Å². The van der Waals surface area contributed by atoms with Gasteiger partial charge in [-0.2, -0.15) is 0 Å². The van der Waals surface area contributed by atoms with E-state index < -0.39 is 11.9 Å². The van der Waals surface area contributed by atoms with Gasteiger partial charge in [-0.25, -0.2) is 4.39 Å². The van der Waals surface area contributed by atoms with Crippen molar-refractivity contribution in [3.63, 3.8) is 0 Å². The van der Waals surface area contributed by atoms with Gasteiger partial charge < -0.3 is 5.11 Å². The molecule has 16 heavy (non-hydrogen) atoms. The van der Waals surface area contributed by atoms with E-state index in [1.807, 2.05) is 6.07 Å². The summed E-state index contributed by atoms with van der Waals surface area (Å²) in [5.74, 6) is -0.446. The Kier molecular flexibility index (Phi) is 2.97. The van der Waals surface area contributed by atoms with E-state index in [1.165, 1.54) is 6.20 Å². The maximum atomic E-state index is 13.7. The van der Waals surface area contributed by atoms with Gasteiger partial charge in [0, 0.05) is 6.20 Å². The highest BCUT2D eigenvalue weighted by Gasteiger charge is 2.17. The third kappa shape index (κ3) is 1.95. The third-order valence-corrected chi connectivity index (χ3v) is 2.48. The first-order chi connectivity index (χ1) is 7.70. The molecule has 0 saturated heterocycles. The molecule has 0 radical (unpaired) electrons. The number of nitrogens with zero attached hydrogens (tertiary/aromatic N) is 1. The van der Waals surface area contributed by atoms with Crippen molar-refractivity contribution in [2.45, 2.75) is 13.0 Å². The molecule has 0 fully saturated rings. The molecular formula is C13H12FNO. The van der Waals surface area contributed by atoms with Gasteiger partial charge in [0.1, 0.15) is 11.8 Å². The van der Waals surface area contributed by atoms with Crippen LogP contribution in [0.1, 0.15) is 22.9 Å². The third-order valence-electron chi connectivity index (χ3n) is 2.48. The lowest BCUT2D eigenvalue weighted by molar-refractivity contribution is 0.209. The molecule has 0 aliphatic heterocycles. The minimum atomic E-state index is -1.01. The topological polar surface area (TPSA) is 33.1 Å². The molecule has 1 atom stereocenters. The van der Waals surface area contributed by atoms with Crippen molar-refractivity contribution in [2.24, 2.45) is 0 Å². The van der Waals surface area contributed by atoms with Gasteiger partial charge in [-0.3, -0.25) is 4.98 Å². The Labute approximate surface area is 93.4 Å². The van der Waals surface area contributed by atoms with E-state index >= 15 is 0 Å². The standard InChI is InChI=1S/C13H12FNO/c1-9-7-8-15-12(11(9)14)13(16)10-5-3-2-4-6-10/h2-8,13,16H,1H3. The molecule has 0 saturated carbocycles. The lowest BCUT2D eigenvalue weighted by Gasteiger charge is -2.11. The van der Waals surface area contributed by atoms with Gasteiger partial charge in [0.2, 0.25) is 0 Å². The van der Waals surface area contributed by atoms with Crippen molar-refractivity contribution in [2.75, 3.05) is 0 Å². The summed E-state index contributed by atoms with van der Waals surface area (Å²) in [5.41, 5.74) is 1.20. The number of rotatable bonds is 2. The molecule has 1 N–H and O–H groups in total. The van der Waals surface area contributed by atoms with Crippen LogP contribution >= 0.6 is 0 Å². The zero-order chi connectivity index (χ0) is 11.5. The molecule has 0 aliphatic rings. The van der Waals surface area contributed by atoms with E-state index in [0.717, 1.165) is 0 Å². The highest BCUT2D eigenvalue weighted by molar-refractivity contribution is 5.28. The van der Waals surface area contributed by atoms with Gasteiger partial charge in [-0.15, -0.1) is 0 Å². The molecule has 3 heteroatoms. The van der Waals surface area contributed by atoms with E-state index in [2.05, 4.69) is 4.98 Å². The monoisotopic (exact) mass is 217 g/mol. The number of aryl methyl sites for hydroxylation is 1. The number of benzene rings is 1. The highest BCUT2D eigenvalue weighted by atomic mass is 19.1. The second-order valence-electron chi connectivity index (χ2n) is 3.64. The smallest absolute Gasteiger partial charge is 0.150 e. The van der Waals surface area contributed by atoms with Gasteiger partial charge in [-0.1, -0.05) is 30.3 Å². The first kappa shape index (κ1) is 10.8. The van der Waals surface area contributed by atoms with Crippen molar-refractivity contribution < 1.29 is 9.50 Å². The first-order valence-corrected chi connectivity index (χ1v) is 5.04. The Morgan fingerprint density at radius 3 is 2.56 bits per heavy atom. The van der Waals surface area contributed by atoms with Crippen molar-refractivity contribution in [3.8, 4) is 0 Å². The second-order valence-corrected chi connectivity index (χ2v) is 3.64. The lowest BCUT2D eigenvalue weighted by Crippen LogP contribution is -2.06. The van der Waals surface area contributed by atoms with Gasteiger partial charge in [0.25, 0.3) is 0 Å². The average molecular weight is 217 g/mol.